The van der Waals surface area contributed by atoms with Crippen LogP contribution in [0, 0.1) is 16.7 Å². The molecule has 0 bridgehead atoms. The molecular weight excluding hydrogens is 332 g/mol. The van der Waals surface area contributed by atoms with Crippen LogP contribution in [0.3, 0.4) is 0 Å². The molecule has 1 N–H and O–H groups in total. The Morgan fingerprint density at radius 2 is 1.58 bits per heavy atom. The predicted molar refractivity (Wildman–Crippen MR) is 95.6 cm³/mol. The number of ketones is 3. The number of carbonyl (C=O) groups is 3. The van der Waals surface area contributed by atoms with Crippen molar-refractivity contribution in [3.8, 4) is 0 Å². The summed E-state index contributed by atoms with van der Waals surface area (Å²) < 4.78 is 5.16. The molecule has 1 aromatic heterocycles. The van der Waals surface area contributed by atoms with Crippen LogP contribution in [0.15, 0.2) is 34.3 Å². The van der Waals surface area contributed by atoms with Crippen LogP contribution in [0.5, 0.6) is 0 Å². The summed E-state index contributed by atoms with van der Waals surface area (Å²) in [5.74, 6) is -2.26. The molecule has 1 aromatic rings. The van der Waals surface area contributed by atoms with E-state index < -0.39 is 11.8 Å². The number of rotatable bonds is 3. The molecule has 5 nitrogen and oxygen atoms in total. The van der Waals surface area contributed by atoms with Crippen LogP contribution in [0.4, 0.5) is 0 Å². The molecule has 0 aromatic carbocycles. The normalized spacial score (nSPS) is 24.8. The van der Waals surface area contributed by atoms with Gasteiger partial charge in [-0.25, -0.2) is 0 Å². The van der Waals surface area contributed by atoms with E-state index in [1.165, 1.54) is 12.5 Å². The van der Waals surface area contributed by atoms with Gasteiger partial charge in [0.15, 0.2) is 5.78 Å². The maximum Gasteiger partial charge on any atom is 0.163 e. The first-order valence-electron chi connectivity index (χ1n) is 9.03. The van der Waals surface area contributed by atoms with Crippen LogP contribution in [0.2, 0.25) is 0 Å². The molecule has 1 heterocycles. The van der Waals surface area contributed by atoms with Crippen molar-refractivity contribution in [3.05, 3.63) is 35.5 Å². The Balaban J connectivity index is 2.10. The molecule has 1 saturated carbocycles. The number of hydrogen-bond donors (Lipinski definition) is 1. The summed E-state index contributed by atoms with van der Waals surface area (Å²) >= 11 is 0. The van der Waals surface area contributed by atoms with Crippen molar-refractivity contribution in [2.24, 2.45) is 16.7 Å². The SMILES string of the molecule is CC1(C)CC(=O)C(C(C2=C(O)CC(C)(C)CC2=O)c2ccoc2)C(=O)C1. The standard InChI is InChI=1S/C21H26O5/c1-20(2)7-13(22)18(14(23)8-20)17(12-5-6-26-11-12)19-15(24)9-21(3,4)10-16(19)25/h5-6,11,17-18,24H,7-10H2,1-4H3. The molecule has 26 heavy (non-hydrogen) atoms. The van der Waals surface area contributed by atoms with Crippen LogP contribution < -0.4 is 0 Å². The molecule has 0 radical (unpaired) electrons. The lowest BCUT2D eigenvalue weighted by atomic mass is 9.63. The van der Waals surface area contributed by atoms with Gasteiger partial charge in [-0.1, -0.05) is 27.7 Å². The van der Waals surface area contributed by atoms with Crippen LogP contribution in [0.1, 0.15) is 64.9 Å². The molecule has 0 amide bonds. The second-order valence-electron chi connectivity index (χ2n) is 9.26. The second-order valence-corrected chi connectivity index (χ2v) is 9.26. The molecule has 1 atom stereocenters. The molecule has 1 fully saturated rings. The zero-order valence-electron chi connectivity index (χ0n) is 15.8. The third-order valence-electron chi connectivity index (χ3n) is 5.44. The average Bonchev–Trinajstić information content (AvgIpc) is 2.95. The van der Waals surface area contributed by atoms with Gasteiger partial charge in [-0.05, 0) is 22.5 Å². The zero-order chi connectivity index (χ0) is 19.3. The Morgan fingerprint density at radius 3 is 2.08 bits per heavy atom. The highest BCUT2D eigenvalue weighted by Crippen LogP contribution is 2.47. The largest absolute Gasteiger partial charge is 0.512 e. The molecular formula is C21H26O5. The number of carbonyl (C=O) groups excluding carboxylic acids is 3. The van der Waals surface area contributed by atoms with Crippen LogP contribution >= 0.6 is 0 Å². The van der Waals surface area contributed by atoms with E-state index in [2.05, 4.69) is 0 Å². The Bertz CT molecular complexity index is 759. The summed E-state index contributed by atoms with van der Waals surface area (Å²) in [6.45, 7) is 7.64. The van der Waals surface area contributed by atoms with Gasteiger partial charge in [0.2, 0.25) is 0 Å². The van der Waals surface area contributed by atoms with Crippen LogP contribution in [-0.4, -0.2) is 22.5 Å². The third-order valence-corrected chi connectivity index (χ3v) is 5.44. The van der Waals surface area contributed by atoms with Gasteiger partial charge in [0.1, 0.15) is 17.3 Å². The van der Waals surface area contributed by atoms with E-state index in [-0.39, 0.29) is 58.8 Å². The number of aliphatic hydroxyl groups excluding tert-OH is 1. The van der Waals surface area contributed by atoms with E-state index in [0.29, 0.717) is 12.0 Å². The third kappa shape index (κ3) is 3.39. The highest BCUT2D eigenvalue weighted by Gasteiger charge is 2.48. The van der Waals surface area contributed by atoms with E-state index in [1.54, 1.807) is 6.07 Å². The summed E-state index contributed by atoms with van der Waals surface area (Å²) in [6, 6.07) is 1.66. The monoisotopic (exact) mass is 358 g/mol. The summed E-state index contributed by atoms with van der Waals surface area (Å²) in [4.78, 5) is 38.6. The predicted octanol–water partition coefficient (Wildman–Crippen LogP) is 4.14. The fraction of sp³-hybridized carbons (Fsp3) is 0.571. The Kier molecular flexibility index (Phi) is 4.45. The van der Waals surface area contributed by atoms with Crippen molar-refractivity contribution in [2.45, 2.75) is 59.3 Å². The fourth-order valence-electron chi connectivity index (χ4n) is 4.41. The molecule has 1 unspecified atom stereocenters. The summed E-state index contributed by atoms with van der Waals surface area (Å²) in [7, 11) is 0. The Labute approximate surface area is 153 Å². The molecule has 3 rings (SSSR count). The first-order valence-corrected chi connectivity index (χ1v) is 9.03. The highest BCUT2D eigenvalue weighted by molar-refractivity contribution is 6.09. The maximum absolute atomic E-state index is 12.9. The number of Topliss-reactive ketones (excluding diaryl/α,β-unsaturated/α-hetero) is 3. The van der Waals surface area contributed by atoms with Crippen molar-refractivity contribution >= 4 is 17.3 Å². The number of furan rings is 1. The van der Waals surface area contributed by atoms with Gasteiger partial charge in [-0.2, -0.15) is 0 Å². The summed E-state index contributed by atoms with van der Waals surface area (Å²) in [5.41, 5.74) is 0.0811. The molecule has 140 valence electrons. The number of allylic oxidation sites excluding steroid dienone is 2. The van der Waals surface area contributed by atoms with Crippen LogP contribution in [-0.2, 0) is 14.4 Å². The van der Waals surface area contributed by atoms with Gasteiger partial charge in [0.25, 0.3) is 0 Å². The molecule has 2 aliphatic rings. The van der Waals surface area contributed by atoms with Crippen molar-refractivity contribution in [1.82, 2.24) is 0 Å². The van der Waals surface area contributed by atoms with Gasteiger partial charge >= 0.3 is 0 Å². The molecule has 0 aliphatic heterocycles. The van der Waals surface area contributed by atoms with Gasteiger partial charge < -0.3 is 9.52 Å². The lowest BCUT2D eigenvalue weighted by Crippen LogP contribution is -2.43. The van der Waals surface area contributed by atoms with Gasteiger partial charge in [0, 0.05) is 37.2 Å². The van der Waals surface area contributed by atoms with E-state index in [1.807, 2.05) is 27.7 Å². The highest BCUT2D eigenvalue weighted by atomic mass is 16.3. The molecule has 0 spiro atoms. The summed E-state index contributed by atoms with van der Waals surface area (Å²) in [5, 5.41) is 10.7. The lowest BCUT2D eigenvalue weighted by Gasteiger charge is -2.38. The topological polar surface area (TPSA) is 84.6 Å². The van der Waals surface area contributed by atoms with Crippen molar-refractivity contribution in [2.75, 3.05) is 0 Å². The number of aliphatic hydroxyl groups is 1. The first kappa shape index (κ1) is 18.6. The smallest absolute Gasteiger partial charge is 0.163 e. The molecule has 5 heteroatoms. The second kappa shape index (κ2) is 6.22. The number of hydrogen-bond acceptors (Lipinski definition) is 5. The van der Waals surface area contributed by atoms with E-state index in [0.717, 1.165) is 0 Å². The van der Waals surface area contributed by atoms with Crippen LogP contribution in [0.25, 0.3) is 0 Å². The van der Waals surface area contributed by atoms with Crippen molar-refractivity contribution < 1.29 is 23.9 Å². The Morgan fingerprint density at radius 1 is 1.00 bits per heavy atom. The van der Waals surface area contributed by atoms with Crippen molar-refractivity contribution in [3.63, 3.8) is 0 Å². The minimum Gasteiger partial charge on any atom is -0.512 e. The van der Waals surface area contributed by atoms with E-state index in [9.17, 15) is 19.5 Å². The average molecular weight is 358 g/mol. The minimum absolute atomic E-state index is 0.0112. The van der Waals surface area contributed by atoms with E-state index in [4.69, 9.17) is 4.42 Å². The fourth-order valence-corrected chi connectivity index (χ4v) is 4.41. The lowest BCUT2D eigenvalue weighted by molar-refractivity contribution is -0.140. The zero-order valence-corrected chi connectivity index (χ0v) is 15.8. The maximum atomic E-state index is 12.9. The Hall–Kier alpha value is -2.17. The molecule has 2 aliphatic carbocycles. The molecule has 0 saturated heterocycles. The van der Waals surface area contributed by atoms with Crippen molar-refractivity contribution in [1.29, 1.82) is 0 Å². The quantitative estimate of drug-likeness (QED) is 0.821. The van der Waals surface area contributed by atoms with Gasteiger partial charge in [-0.3, -0.25) is 14.4 Å². The van der Waals surface area contributed by atoms with E-state index >= 15 is 0 Å². The minimum atomic E-state index is -0.942. The summed E-state index contributed by atoms with van der Waals surface area (Å²) in [6.07, 6.45) is 4.11. The van der Waals surface area contributed by atoms with Gasteiger partial charge in [0.05, 0.1) is 18.4 Å². The van der Waals surface area contributed by atoms with Gasteiger partial charge in [-0.15, -0.1) is 0 Å². The first-order chi connectivity index (χ1) is 12.0.